The highest BCUT2D eigenvalue weighted by molar-refractivity contribution is 7.15. The molecule has 6 heteroatoms. The predicted molar refractivity (Wildman–Crippen MR) is 97.2 cm³/mol. The summed E-state index contributed by atoms with van der Waals surface area (Å²) >= 11 is 1.52. The Kier molecular flexibility index (Phi) is 4.53. The highest BCUT2D eigenvalue weighted by Crippen LogP contribution is 2.24. The van der Waals surface area contributed by atoms with E-state index in [2.05, 4.69) is 10.3 Å². The molecule has 3 aromatic rings. The first-order chi connectivity index (χ1) is 12.2. The molecule has 0 atom stereocenters. The van der Waals surface area contributed by atoms with Gasteiger partial charge in [-0.05, 0) is 37.1 Å². The quantitative estimate of drug-likeness (QED) is 0.761. The van der Waals surface area contributed by atoms with Crippen LogP contribution in [0.2, 0.25) is 0 Å². The molecule has 4 rings (SSSR count). The van der Waals surface area contributed by atoms with Crippen LogP contribution in [0.3, 0.4) is 0 Å². The van der Waals surface area contributed by atoms with Crippen molar-refractivity contribution in [1.29, 1.82) is 0 Å². The number of nitrogens with zero attached hydrogens (tertiary/aromatic N) is 2. The molecule has 1 fully saturated rings. The molecule has 25 heavy (non-hydrogen) atoms. The van der Waals surface area contributed by atoms with Gasteiger partial charge in [0.25, 0.3) is 0 Å². The predicted octanol–water partition coefficient (Wildman–Crippen LogP) is 4.19. The van der Waals surface area contributed by atoms with E-state index in [-0.39, 0.29) is 11.7 Å². The Bertz CT molecular complexity index is 878. The number of fused-ring (bicyclic) bond motifs is 1. The van der Waals surface area contributed by atoms with Crippen molar-refractivity contribution >= 4 is 22.2 Å². The van der Waals surface area contributed by atoms with Gasteiger partial charge in [0.1, 0.15) is 5.82 Å². The van der Waals surface area contributed by atoms with E-state index in [0.29, 0.717) is 12.5 Å². The van der Waals surface area contributed by atoms with Gasteiger partial charge in [-0.15, -0.1) is 11.3 Å². The number of benzene rings is 1. The minimum atomic E-state index is -0.259. The maximum atomic E-state index is 13.1. The number of nitrogens with one attached hydrogen (secondary N) is 1. The second-order valence-electron chi connectivity index (χ2n) is 6.59. The summed E-state index contributed by atoms with van der Waals surface area (Å²) in [6.45, 7) is 0. The number of thiazole rings is 1. The van der Waals surface area contributed by atoms with Gasteiger partial charge >= 0.3 is 0 Å². The largest absolute Gasteiger partial charge is 0.353 e. The van der Waals surface area contributed by atoms with Gasteiger partial charge in [-0.2, -0.15) is 0 Å². The Morgan fingerprint density at radius 1 is 1.24 bits per heavy atom. The number of carbonyl (C=O) groups excluding carboxylic acids is 1. The molecule has 4 nitrogen and oxygen atoms in total. The van der Waals surface area contributed by atoms with Crippen LogP contribution in [0.15, 0.2) is 35.8 Å². The lowest BCUT2D eigenvalue weighted by Gasteiger charge is -2.22. The smallest absolute Gasteiger partial charge is 0.226 e. The molecule has 2 heterocycles. The summed E-state index contributed by atoms with van der Waals surface area (Å²) < 4.78 is 15.0. The van der Waals surface area contributed by atoms with Gasteiger partial charge in [-0.1, -0.05) is 19.3 Å². The van der Waals surface area contributed by atoms with Crippen LogP contribution in [0, 0.1) is 5.82 Å². The molecule has 1 N–H and O–H groups in total. The Morgan fingerprint density at radius 3 is 2.76 bits per heavy atom. The molecular weight excluding hydrogens is 337 g/mol. The zero-order valence-electron chi connectivity index (χ0n) is 13.9. The summed E-state index contributed by atoms with van der Waals surface area (Å²) in [5, 5.41) is 5.14. The van der Waals surface area contributed by atoms with Crippen molar-refractivity contribution in [3.8, 4) is 11.3 Å². The number of carbonyl (C=O) groups is 1. The second kappa shape index (κ2) is 6.96. The summed E-state index contributed by atoms with van der Waals surface area (Å²) in [5.41, 5.74) is 2.60. The number of halogens is 1. The topological polar surface area (TPSA) is 46.4 Å². The molecule has 0 bridgehead atoms. The molecular formula is C19H20FN3OS. The van der Waals surface area contributed by atoms with E-state index >= 15 is 0 Å². The lowest BCUT2D eigenvalue weighted by molar-refractivity contribution is -0.121. The minimum Gasteiger partial charge on any atom is -0.353 e. The van der Waals surface area contributed by atoms with E-state index in [1.54, 1.807) is 12.1 Å². The van der Waals surface area contributed by atoms with E-state index in [0.717, 1.165) is 34.8 Å². The van der Waals surface area contributed by atoms with Crippen molar-refractivity contribution < 1.29 is 9.18 Å². The van der Waals surface area contributed by atoms with E-state index in [1.807, 2.05) is 16.0 Å². The zero-order chi connectivity index (χ0) is 17.2. The third-order valence-electron chi connectivity index (χ3n) is 4.74. The van der Waals surface area contributed by atoms with Crippen LogP contribution in [0.5, 0.6) is 0 Å². The fraction of sp³-hybridized carbons (Fsp3) is 0.368. The van der Waals surface area contributed by atoms with Gasteiger partial charge in [-0.25, -0.2) is 9.37 Å². The first kappa shape index (κ1) is 16.3. The zero-order valence-corrected chi connectivity index (χ0v) is 14.7. The third kappa shape index (κ3) is 3.58. The number of hydrogen-bond donors (Lipinski definition) is 1. The van der Waals surface area contributed by atoms with E-state index in [1.165, 1.54) is 42.7 Å². The Hall–Kier alpha value is -2.21. The Balaban J connectivity index is 1.50. The van der Waals surface area contributed by atoms with Crippen molar-refractivity contribution in [3.05, 3.63) is 47.4 Å². The van der Waals surface area contributed by atoms with Gasteiger partial charge in [-0.3, -0.25) is 9.20 Å². The second-order valence-corrected chi connectivity index (χ2v) is 7.43. The van der Waals surface area contributed by atoms with Crippen LogP contribution in [0.1, 0.15) is 37.8 Å². The molecule has 1 aliphatic carbocycles. The number of imidazole rings is 1. The van der Waals surface area contributed by atoms with Gasteiger partial charge < -0.3 is 5.32 Å². The molecule has 1 amide bonds. The molecule has 2 aromatic heterocycles. The van der Waals surface area contributed by atoms with Gasteiger partial charge in [0, 0.05) is 28.9 Å². The Morgan fingerprint density at radius 2 is 2.00 bits per heavy atom. The fourth-order valence-electron chi connectivity index (χ4n) is 3.41. The van der Waals surface area contributed by atoms with Crippen molar-refractivity contribution in [2.75, 3.05) is 0 Å². The molecule has 0 radical (unpaired) electrons. The maximum Gasteiger partial charge on any atom is 0.226 e. The molecule has 1 saturated carbocycles. The standard InChI is InChI=1S/C19H20FN3OS/c20-14-8-6-13(7-9-14)17-11-23-16(12-25-19(23)22-17)10-18(24)21-15-4-2-1-3-5-15/h6-9,11-12,15H,1-5,10H2,(H,21,24). The van der Waals surface area contributed by atoms with Gasteiger partial charge in [0.05, 0.1) is 12.1 Å². The summed E-state index contributed by atoms with van der Waals surface area (Å²) in [6, 6.07) is 6.63. The number of hydrogen-bond acceptors (Lipinski definition) is 3. The summed E-state index contributed by atoms with van der Waals surface area (Å²) in [6.07, 6.45) is 8.14. The lowest BCUT2D eigenvalue weighted by Crippen LogP contribution is -2.37. The number of rotatable bonds is 4. The molecule has 0 saturated heterocycles. The first-order valence-corrected chi connectivity index (χ1v) is 9.58. The van der Waals surface area contributed by atoms with Crippen molar-refractivity contribution in [1.82, 2.24) is 14.7 Å². The SMILES string of the molecule is O=C(Cc1csc2nc(-c3ccc(F)cc3)cn12)NC1CCCCC1. The van der Waals surface area contributed by atoms with Gasteiger partial charge in [0.2, 0.25) is 5.91 Å². The summed E-state index contributed by atoms with van der Waals surface area (Å²) in [4.78, 5) is 17.8. The van der Waals surface area contributed by atoms with Crippen molar-refractivity contribution in [2.45, 2.75) is 44.6 Å². The fourth-order valence-corrected chi connectivity index (χ4v) is 4.28. The maximum absolute atomic E-state index is 13.1. The average molecular weight is 357 g/mol. The highest BCUT2D eigenvalue weighted by atomic mass is 32.1. The monoisotopic (exact) mass is 357 g/mol. The van der Waals surface area contributed by atoms with Crippen LogP contribution in [-0.4, -0.2) is 21.3 Å². The van der Waals surface area contributed by atoms with Gasteiger partial charge in [0.15, 0.2) is 4.96 Å². The molecule has 0 aliphatic heterocycles. The van der Waals surface area contributed by atoms with E-state index in [9.17, 15) is 9.18 Å². The van der Waals surface area contributed by atoms with Crippen LogP contribution in [0.25, 0.3) is 16.2 Å². The van der Waals surface area contributed by atoms with E-state index < -0.39 is 0 Å². The number of aromatic nitrogens is 2. The lowest BCUT2D eigenvalue weighted by atomic mass is 9.95. The molecule has 130 valence electrons. The van der Waals surface area contributed by atoms with Crippen molar-refractivity contribution in [2.24, 2.45) is 0 Å². The third-order valence-corrected chi connectivity index (χ3v) is 5.62. The minimum absolute atomic E-state index is 0.0728. The molecule has 1 aromatic carbocycles. The molecule has 0 unspecified atom stereocenters. The van der Waals surface area contributed by atoms with Crippen LogP contribution < -0.4 is 5.32 Å². The van der Waals surface area contributed by atoms with Crippen LogP contribution >= 0.6 is 11.3 Å². The Labute approximate surface area is 149 Å². The summed E-state index contributed by atoms with van der Waals surface area (Å²) in [5.74, 6) is -0.187. The average Bonchev–Trinajstić information content (AvgIpc) is 3.18. The first-order valence-electron chi connectivity index (χ1n) is 8.70. The van der Waals surface area contributed by atoms with E-state index in [4.69, 9.17) is 0 Å². The number of amides is 1. The summed E-state index contributed by atoms with van der Waals surface area (Å²) in [7, 11) is 0. The highest BCUT2D eigenvalue weighted by Gasteiger charge is 2.17. The normalized spacial score (nSPS) is 15.6. The molecule has 1 aliphatic rings. The van der Waals surface area contributed by atoms with Crippen molar-refractivity contribution in [3.63, 3.8) is 0 Å². The van der Waals surface area contributed by atoms with Crippen LogP contribution in [-0.2, 0) is 11.2 Å². The molecule has 0 spiro atoms. The van der Waals surface area contributed by atoms with Crippen LogP contribution in [0.4, 0.5) is 4.39 Å².